The van der Waals surface area contributed by atoms with Crippen molar-refractivity contribution in [1.82, 2.24) is 10.5 Å². The van der Waals surface area contributed by atoms with Gasteiger partial charge in [0, 0.05) is 10.9 Å². The number of hydrogen-bond acceptors (Lipinski definition) is 8. The lowest BCUT2D eigenvalue weighted by Crippen LogP contribution is -2.19. The van der Waals surface area contributed by atoms with Gasteiger partial charge in [-0.2, -0.15) is 5.10 Å². The van der Waals surface area contributed by atoms with Crippen LogP contribution in [-0.4, -0.2) is 29.6 Å². The van der Waals surface area contributed by atoms with E-state index in [-0.39, 0.29) is 23.2 Å². The van der Waals surface area contributed by atoms with Gasteiger partial charge in [0.05, 0.1) is 18.6 Å². The first kappa shape index (κ1) is 24.1. The molecule has 10 heteroatoms. The summed E-state index contributed by atoms with van der Waals surface area (Å²) >= 11 is 4.53. The molecule has 0 aliphatic carbocycles. The third kappa shape index (κ3) is 6.28. The minimum atomic E-state index is -0.283. The summed E-state index contributed by atoms with van der Waals surface area (Å²) in [6, 6.07) is 19.6. The number of rotatable bonds is 10. The van der Waals surface area contributed by atoms with Crippen LogP contribution in [0, 0.1) is 0 Å². The predicted molar refractivity (Wildman–Crippen MR) is 136 cm³/mol. The summed E-state index contributed by atoms with van der Waals surface area (Å²) in [4.78, 5) is 12.1. The highest BCUT2D eigenvalue weighted by atomic mass is 32.2. The molecule has 2 N–H and O–H groups in total. The molecule has 174 valence electrons. The maximum Gasteiger partial charge on any atom is 0.323 e. The van der Waals surface area contributed by atoms with Gasteiger partial charge in [0.1, 0.15) is 5.75 Å². The van der Waals surface area contributed by atoms with Crippen LogP contribution >= 0.6 is 34.9 Å². The number of H-pyrrole nitrogens is 1. The Hall–Kier alpha value is -3.08. The lowest BCUT2D eigenvalue weighted by molar-refractivity contribution is -0.492. The number of carbonyl (C=O) groups is 1. The molecule has 0 atom stereocenters. The molecule has 0 fully saturated rings. The number of aromatic amines is 1. The number of nitrogens with one attached hydrogen (secondary N) is 2. The van der Waals surface area contributed by atoms with E-state index in [4.69, 9.17) is 4.74 Å². The first-order chi connectivity index (χ1) is 16.6. The third-order valence-electron chi connectivity index (χ3n) is 4.69. The summed E-state index contributed by atoms with van der Waals surface area (Å²) in [5.41, 5.74) is 4.06. The van der Waals surface area contributed by atoms with Crippen LogP contribution in [0.4, 0.5) is 0 Å². The van der Waals surface area contributed by atoms with E-state index in [2.05, 4.69) is 57.1 Å². The van der Waals surface area contributed by atoms with Gasteiger partial charge in [-0.1, -0.05) is 77.2 Å². The fourth-order valence-corrected chi connectivity index (χ4v) is 6.03. The molecular weight excluding hydrogens is 488 g/mol. The van der Waals surface area contributed by atoms with Gasteiger partial charge in [-0.05, 0) is 58.0 Å². The number of hydrazone groups is 1. The van der Waals surface area contributed by atoms with Crippen LogP contribution in [0.25, 0.3) is 10.8 Å². The predicted octanol–water partition coefficient (Wildman–Crippen LogP) is 4.12. The number of thioether (sulfide) groups is 2. The van der Waals surface area contributed by atoms with Crippen molar-refractivity contribution in [2.24, 2.45) is 5.10 Å². The minimum Gasteiger partial charge on any atom is -0.870 e. The van der Waals surface area contributed by atoms with Crippen molar-refractivity contribution < 1.29 is 19.7 Å². The SMILES string of the molecule is CCOc1cccc(C=NNC(=O)CSc2n[nH+]c(SCc3cccc4ccccc34)s2)c1[O-]. The summed E-state index contributed by atoms with van der Waals surface area (Å²) in [6.07, 6.45) is 1.33. The monoisotopic (exact) mass is 510 g/mol. The minimum absolute atomic E-state index is 0.162. The lowest BCUT2D eigenvalue weighted by Gasteiger charge is -2.15. The molecule has 7 nitrogen and oxygen atoms in total. The van der Waals surface area contributed by atoms with Gasteiger partial charge in [0.25, 0.3) is 5.91 Å². The number of hydrogen-bond donors (Lipinski definition) is 1. The largest absolute Gasteiger partial charge is 0.870 e. The van der Waals surface area contributed by atoms with E-state index in [1.54, 1.807) is 30.0 Å². The first-order valence-electron chi connectivity index (χ1n) is 10.5. The highest BCUT2D eigenvalue weighted by Gasteiger charge is 2.14. The number of ether oxygens (including phenoxy) is 1. The van der Waals surface area contributed by atoms with Gasteiger partial charge in [0.2, 0.25) is 4.34 Å². The molecule has 4 aromatic rings. The molecular formula is C24H22N4O3S3. The fraction of sp³-hybridized carbons (Fsp3) is 0.167. The zero-order chi connectivity index (χ0) is 23.8. The lowest BCUT2D eigenvalue weighted by atomic mass is 10.1. The smallest absolute Gasteiger partial charge is 0.323 e. The second kappa shape index (κ2) is 11.9. The van der Waals surface area contributed by atoms with Crippen molar-refractivity contribution in [2.75, 3.05) is 12.4 Å². The topological polar surface area (TPSA) is 101 Å². The molecule has 1 aromatic heterocycles. The Balaban J connectivity index is 1.25. The molecule has 0 radical (unpaired) electrons. The van der Waals surface area contributed by atoms with E-state index in [0.29, 0.717) is 12.2 Å². The second-order valence-electron chi connectivity index (χ2n) is 7.00. The van der Waals surface area contributed by atoms with E-state index < -0.39 is 0 Å². The number of para-hydroxylation sites is 1. The van der Waals surface area contributed by atoms with Crippen molar-refractivity contribution in [2.45, 2.75) is 21.4 Å². The standard InChI is InChI=1S/C24H22N4O3S3/c1-2-31-20-12-6-9-17(22(20)30)13-25-26-21(29)15-33-24-28-27-23(34-24)32-14-18-10-5-8-16-7-3-4-11-19(16)18/h3-13,30H,2,14-15H2,1H3,(H,26,29). The Labute approximate surface area is 209 Å². The number of benzene rings is 3. The molecule has 3 aromatic carbocycles. The van der Waals surface area contributed by atoms with E-state index in [9.17, 15) is 9.90 Å². The summed E-state index contributed by atoms with van der Waals surface area (Å²) in [5, 5.41) is 25.9. The summed E-state index contributed by atoms with van der Waals surface area (Å²) in [5.74, 6) is 0.710. The van der Waals surface area contributed by atoms with Crippen LogP contribution in [-0.2, 0) is 10.5 Å². The van der Waals surface area contributed by atoms with Gasteiger partial charge in [-0.15, -0.1) is 0 Å². The highest BCUT2D eigenvalue weighted by Crippen LogP contribution is 2.30. The van der Waals surface area contributed by atoms with E-state index >= 15 is 0 Å². The molecule has 0 bridgehead atoms. The summed E-state index contributed by atoms with van der Waals surface area (Å²) < 4.78 is 7.03. The van der Waals surface area contributed by atoms with Crippen LogP contribution in [0.1, 0.15) is 18.1 Å². The highest BCUT2D eigenvalue weighted by molar-refractivity contribution is 8.03. The Morgan fingerprint density at radius 3 is 2.88 bits per heavy atom. The van der Waals surface area contributed by atoms with Crippen LogP contribution in [0.2, 0.25) is 0 Å². The van der Waals surface area contributed by atoms with Crippen LogP contribution in [0.3, 0.4) is 0 Å². The Kier molecular flexibility index (Phi) is 8.40. The normalized spacial score (nSPS) is 11.2. The Morgan fingerprint density at radius 1 is 1.18 bits per heavy atom. The third-order valence-corrected chi connectivity index (χ3v) is 7.99. The quantitative estimate of drug-likeness (QED) is 0.196. The molecule has 0 aliphatic rings. The Morgan fingerprint density at radius 2 is 2.00 bits per heavy atom. The van der Waals surface area contributed by atoms with Gasteiger partial charge in [-0.25, -0.2) is 5.43 Å². The maximum absolute atomic E-state index is 12.2. The maximum atomic E-state index is 12.2. The molecule has 0 aliphatic heterocycles. The van der Waals surface area contributed by atoms with Crippen LogP contribution in [0.5, 0.6) is 11.5 Å². The zero-order valence-electron chi connectivity index (χ0n) is 18.3. The molecule has 4 rings (SSSR count). The molecule has 0 spiro atoms. The van der Waals surface area contributed by atoms with Gasteiger partial charge < -0.3 is 9.84 Å². The van der Waals surface area contributed by atoms with Crippen molar-refractivity contribution in [1.29, 1.82) is 0 Å². The van der Waals surface area contributed by atoms with Crippen molar-refractivity contribution in [3.05, 3.63) is 71.8 Å². The molecule has 0 saturated carbocycles. The molecule has 0 unspecified atom stereocenters. The average Bonchev–Trinajstić information content (AvgIpc) is 3.31. The fourth-order valence-electron chi connectivity index (χ4n) is 3.14. The van der Waals surface area contributed by atoms with Crippen LogP contribution in [0.15, 0.2) is 74.4 Å². The number of carbonyl (C=O) groups excluding carboxylic acids is 1. The van der Waals surface area contributed by atoms with E-state index in [0.717, 1.165) is 14.4 Å². The number of amides is 1. The van der Waals surface area contributed by atoms with E-state index in [1.165, 1.54) is 45.6 Å². The van der Waals surface area contributed by atoms with Crippen molar-refractivity contribution >= 4 is 57.8 Å². The number of aromatic nitrogens is 2. The molecule has 0 saturated heterocycles. The van der Waals surface area contributed by atoms with Crippen molar-refractivity contribution in [3.8, 4) is 11.5 Å². The van der Waals surface area contributed by atoms with Crippen LogP contribution < -0.4 is 20.4 Å². The molecule has 34 heavy (non-hydrogen) atoms. The molecule has 1 amide bonds. The summed E-state index contributed by atoms with van der Waals surface area (Å²) in [6.45, 7) is 2.21. The summed E-state index contributed by atoms with van der Waals surface area (Å²) in [7, 11) is 0. The zero-order valence-corrected chi connectivity index (χ0v) is 20.8. The molecule has 1 heterocycles. The first-order valence-corrected chi connectivity index (χ1v) is 13.3. The number of fused-ring (bicyclic) bond motifs is 1. The Bertz CT molecular complexity index is 1300. The van der Waals surface area contributed by atoms with Crippen molar-refractivity contribution in [3.63, 3.8) is 0 Å². The number of nitrogens with zero attached hydrogens (tertiary/aromatic N) is 2. The average molecular weight is 511 g/mol. The van der Waals surface area contributed by atoms with Gasteiger partial charge in [-0.3, -0.25) is 4.79 Å². The second-order valence-corrected chi connectivity index (χ2v) is 10.5. The van der Waals surface area contributed by atoms with E-state index in [1.807, 2.05) is 13.0 Å². The van der Waals surface area contributed by atoms with Gasteiger partial charge >= 0.3 is 4.34 Å². The van der Waals surface area contributed by atoms with Gasteiger partial charge in [0.15, 0.2) is 0 Å².